The lowest BCUT2D eigenvalue weighted by atomic mass is 9.73. The zero-order chi connectivity index (χ0) is 24.1. The molecule has 10 heteroatoms. The first kappa shape index (κ1) is 23.7. The summed E-state index contributed by atoms with van der Waals surface area (Å²) in [5, 5.41) is 19.9. The third-order valence-electron chi connectivity index (χ3n) is 6.27. The molecule has 0 bridgehead atoms. The predicted octanol–water partition coefficient (Wildman–Crippen LogP) is 3.56. The van der Waals surface area contributed by atoms with Crippen molar-refractivity contribution in [1.29, 1.82) is 5.26 Å². The standard InChI is InChI=1S/C23H22F3NO5S/c1-31-10-32-23-18(26)8-15-13(3-4-19(21(15)23)33(2,29)30)14-7-17(25)22(28)16-6-12(24)5-11(9-27)20(14)16/h3-6,14,17-18,22-23,28H,7-8,10H2,1-2H3/t14-,17+,18-,22+,23-/m1/s1. The summed E-state index contributed by atoms with van der Waals surface area (Å²) in [7, 11) is -2.41. The van der Waals surface area contributed by atoms with Gasteiger partial charge in [0.2, 0.25) is 0 Å². The molecule has 2 aromatic rings. The van der Waals surface area contributed by atoms with Crippen LogP contribution in [0.15, 0.2) is 29.2 Å². The molecule has 5 atom stereocenters. The van der Waals surface area contributed by atoms with Gasteiger partial charge in [0.05, 0.1) is 16.5 Å². The average Bonchev–Trinajstić information content (AvgIpc) is 3.08. The zero-order valence-corrected chi connectivity index (χ0v) is 18.7. The van der Waals surface area contributed by atoms with Crippen LogP contribution in [0.25, 0.3) is 0 Å². The van der Waals surface area contributed by atoms with Gasteiger partial charge in [-0.05, 0) is 46.9 Å². The smallest absolute Gasteiger partial charge is 0.175 e. The minimum atomic E-state index is -3.76. The molecule has 0 aromatic heterocycles. The van der Waals surface area contributed by atoms with E-state index in [4.69, 9.17) is 9.47 Å². The van der Waals surface area contributed by atoms with Crippen LogP contribution >= 0.6 is 0 Å². The first-order valence-corrected chi connectivity index (χ1v) is 12.1. The van der Waals surface area contributed by atoms with Gasteiger partial charge in [0.25, 0.3) is 0 Å². The number of hydrogen-bond acceptors (Lipinski definition) is 6. The summed E-state index contributed by atoms with van der Waals surface area (Å²) < 4.78 is 79.2. The number of sulfone groups is 1. The van der Waals surface area contributed by atoms with Crippen molar-refractivity contribution < 1.29 is 36.2 Å². The Hall–Kier alpha value is -2.45. The number of benzene rings is 2. The van der Waals surface area contributed by atoms with Crippen molar-refractivity contribution in [2.24, 2.45) is 0 Å². The van der Waals surface area contributed by atoms with E-state index in [-0.39, 0.29) is 46.8 Å². The maximum absolute atomic E-state index is 15.1. The molecule has 0 saturated heterocycles. The number of halogens is 3. The Bertz CT molecular complexity index is 1240. The summed E-state index contributed by atoms with van der Waals surface area (Å²) in [5.74, 6) is -1.60. The molecule has 0 aliphatic heterocycles. The van der Waals surface area contributed by atoms with Crippen LogP contribution in [-0.2, 0) is 25.7 Å². The number of nitrogens with zero attached hydrogens (tertiary/aromatic N) is 1. The van der Waals surface area contributed by atoms with Crippen molar-refractivity contribution >= 4 is 9.84 Å². The molecule has 2 aliphatic rings. The Kier molecular flexibility index (Phi) is 6.26. The summed E-state index contributed by atoms with van der Waals surface area (Å²) in [6.07, 6.45) is -5.57. The van der Waals surface area contributed by atoms with E-state index in [2.05, 4.69) is 0 Å². The fourth-order valence-electron chi connectivity index (χ4n) is 4.98. The summed E-state index contributed by atoms with van der Waals surface area (Å²) in [6.45, 7) is -0.263. The lowest BCUT2D eigenvalue weighted by Gasteiger charge is -2.34. The third kappa shape index (κ3) is 4.04. The molecule has 1 N–H and O–H groups in total. The topological polar surface area (TPSA) is 96.6 Å². The molecule has 0 unspecified atom stereocenters. The number of alkyl halides is 2. The number of rotatable bonds is 5. The molecule has 0 heterocycles. The van der Waals surface area contributed by atoms with E-state index >= 15 is 4.39 Å². The molecule has 33 heavy (non-hydrogen) atoms. The van der Waals surface area contributed by atoms with Crippen LogP contribution in [0.5, 0.6) is 0 Å². The van der Waals surface area contributed by atoms with E-state index in [9.17, 15) is 27.6 Å². The summed E-state index contributed by atoms with van der Waals surface area (Å²) in [4.78, 5) is -0.102. The number of fused-ring (bicyclic) bond motifs is 2. The fraction of sp³-hybridized carbons (Fsp3) is 0.435. The molecule has 2 aliphatic carbocycles. The van der Waals surface area contributed by atoms with Crippen LogP contribution in [0, 0.1) is 17.1 Å². The lowest BCUT2D eigenvalue weighted by molar-refractivity contribution is -0.0939. The van der Waals surface area contributed by atoms with Crippen molar-refractivity contribution in [3.05, 3.63) is 63.5 Å². The molecular formula is C23H22F3NO5S. The molecule has 0 saturated carbocycles. The number of methoxy groups -OCH3 is 1. The van der Waals surface area contributed by atoms with Gasteiger partial charge < -0.3 is 14.6 Å². The van der Waals surface area contributed by atoms with Crippen molar-refractivity contribution in [2.45, 2.75) is 48.2 Å². The van der Waals surface area contributed by atoms with Crippen molar-refractivity contribution in [2.75, 3.05) is 20.2 Å². The second kappa shape index (κ2) is 8.72. The summed E-state index contributed by atoms with van der Waals surface area (Å²) in [6, 6.07) is 6.69. The Balaban J connectivity index is 1.97. The van der Waals surface area contributed by atoms with Gasteiger partial charge in [-0.2, -0.15) is 5.26 Å². The van der Waals surface area contributed by atoms with Gasteiger partial charge >= 0.3 is 0 Å². The van der Waals surface area contributed by atoms with Crippen LogP contribution in [-0.4, -0.2) is 46.0 Å². The van der Waals surface area contributed by atoms with Gasteiger partial charge in [-0.25, -0.2) is 21.6 Å². The highest BCUT2D eigenvalue weighted by atomic mass is 32.2. The zero-order valence-electron chi connectivity index (χ0n) is 17.9. The molecule has 0 amide bonds. The monoisotopic (exact) mass is 481 g/mol. The molecule has 176 valence electrons. The quantitative estimate of drug-likeness (QED) is 0.656. The van der Waals surface area contributed by atoms with Crippen LogP contribution < -0.4 is 0 Å². The van der Waals surface area contributed by atoms with Crippen LogP contribution in [0.2, 0.25) is 0 Å². The van der Waals surface area contributed by atoms with E-state index in [1.807, 2.05) is 6.07 Å². The van der Waals surface area contributed by atoms with E-state index in [1.165, 1.54) is 19.2 Å². The molecule has 0 radical (unpaired) electrons. The Morgan fingerprint density at radius 2 is 1.91 bits per heavy atom. The Morgan fingerprint density at radius 3 is 2.55 bits per heavy atom. The third-order valence-corrected chi connectivity index (χ3v) is 7.43. The number of nitriles is 1. The highest BCUT2D eigenvalue weighted by Crippen LogP contribution is 2.49. The van der Waals surface area contributed by atoms with Crippen molar-refractivity contribution in [1.82, 2.24) is 0 Å². The van der Waals surface area contributed by atoms with Gasteiger partial charge in [-0.15, -0.1) is 0 Å². The lowest BCUT2D eigenvalue weighted by Crippen LogP contribution is -2.27. The van der Waals surface area contributed by atoms with E-state index in [0.717, 1.165) is 18.4 Å². The number of hydrogen-bond donors (Lipinski definition) is 1. The summed E-state index contributed by atoms with van der Waals surface area (Å²) >= 11 is 0. The second-order valence-corrected chi connectivity index (χ2v) is 10.3. The molecular weight excluding hydrogens is 459 g/mol. The molecule has 0 spiro atoms. The minimum Gasteiger partial charge on any atom is -0.385 e. The average molecular weight is 481 g/mol. The second-order valence-electron chi connectivity index (χ2n) is 8.35. The largest absolute Gasteiger partial charge is 0.385 e. The minimum absolute atomic E-state index is 0.0433. The number of aliphatic hydroxyl groups excluding tert-OH is 1. The Labute approximate surface area is 189 Å². The SMILES string of the molecule is COCO[C@H]1c2c(S(C)(=O)=O)ccc([C@H]3C[C@H](F)[C@@H](O)c4cc(F)cc(C#N)c43)c2C[C@H]1F. The van der Waals surface area contributed by atoms with E-state index in [0.29, 0.717) is 11.1 Å². The fourth-order valence-corrected chi connectivity index (χ4v) is 5.93. The predicted molar refractivity (Wildman–Crippen MR) is 111 cm³/mol. The molecule has 4 rings (SSSR count). The number of ether oxygens (including phenoxy) is 2. The van der Waals surface area contributed by atoms with Crippen LogP contribution in [0.4, 0.5) is 13.2 Å². The molecule has 2 aromatic carbocycles. The van der Waals surface area contributed by atoms with Gasteiger partial charge in [0.1, 0.15) is 37.2 Å². The maximum atomic E-state index is 15.1. The van der Waals surface area contributed by atoms with Gasteiger partial charge in [0.15, 0.2) is 9.84 Å². The molecule has 0 fully saturated rings. The maximum Gasteiger partial charge on any atom is 0.175 e. The van der Waals surface area contributed by atoms with Gasteiger partial charge in [-0.1, -0.05) is 6.07 Å². The summed E-state index contributed by atoms with van der Waals surface area (Å²) in [5.41, 5.74) is 1.05. The number of aliphatic hydroxyl groups is 1. The van der Waals surface area contributed by atoms with Gasteiger partial charge in [0, 0.05) is 31.3 Å². The Morgan fingerprint density at radius 1 is 1.18 bits per heavy atom. The highest BCUT2D eigenvalue weighted by Gasteiger charge is 2.43. The van der Waals surface area contributed by atoms with E-state index < -0.39 is 46.1 Å². The van der Waals surface area contributed by atoms with Crippen molar-refractivity contribution in [3.63, 3.8) is 0 Å². The normalized spacial score (nSPS) is 26.5. The van der Waals surface area contributed by atoms with Crippen LogP contribution in [0.3, 0.4) is 0 Å². The van der Waals surface area contributed by atoms with E-state index in [1.54, 1.807) is 0 Å². The van der Waals surface area contributed by atoms with Crippen LogP contribution in [0.1, 0.15) is 57.9 Å². The molecule has 6 nitrogen and oxygen atoms in total. The first-order valence-electron chi connectivity index (χ1n) is 10.2. The highest BCUT2D eigenvalue weighted by molar-refractivity contribution is 7.90. The van der Waals surface area contributed by atoms with Crippen molar-refractivity contribution in [3.8, 4) is 6.07 Å². The van der Waals surface area contributed by atoms with Gasteiger partial charge in [-0.3, -0.25) is 0 Å². The first-order chi connectivity index (χ1) is 15.6.